The van der Waals surface area contributed by atoms with Crippen LogP contribution in [-0.4, -0.2) is 26.4 Å². The van der Waals surface area contributed by atoms with Gasteiger partial charge in [-0.25, -0.2) is 0 Å². The monoisotopic (exact) mass is 328 g/mol. The fourth-order valence-corrected chi connectivity index (χ4v) is 1.99. The minimum absolute atomic E-state index is 0.0946. The van der Waals surface area contributed by atoms with Gasteiger partial charge in [0, 0.05) is 5.56 Å². The minimum Gasteiger partial charge on any atom is -0.497 e. The molecule has 4 N–H and O–H groups in total. The molecule has 0 aromatic heterocycles. The Balaban J connectivity index is 2.11. The summed E-state index contributed by atoms with van der Waals surface area (Å²) in [4.78, 5) is 0. The first kappa shape index (κ1) is 17.1. The van der Waals surface area contributed by atoms with E-state index in [-0.39, 0.29) is 5.96 Å². The summed E-state index contributed by atoms with van der Waals surface area (Å²) in [5.41, 5.74) is 12.2. The number of rotatable bonds is 7. The lowest BCUT2D eigenvalue weighted by Gasteiger charge is -2.11. The average Bonchev–Trinajstić information content (AvgIpc) is 2.60. The van der Waals surface area contributed by atoms with Crippen LogP contribution in [0.2, 0.25) is 0 Å². The molecule has 0 spiro atoms. The Morgan fingerprint density at radius 1 is 1.00 bits per heavy atom. The number of guanidine groups is 1. The van der Waals surface area contributed by atoms with E-state index in [1.54, 1.807) is 20.4 Å². The largest absolute Gasteiger partial charge is 0.497 e. The summed E-state index contributed by atoms with van der Waals surface area (Å²) in [6.07, 6.45) is 1.55. The molecule has 0 aliphatic heterocycles. The van der Waals surface area contributed by atoms with Crippen LogP contribution in [0.15, 0.2) is 52.7 Å². The van der Waals surface area contributed by atoms with Gasteiger partial charge in [-0.2, -0.15) is 5.10 Å². The van der Waals surface area contributed by atoms with E-state index in [1.165, 1.54) is 0 Å². The van der Waals surface area contributed by atoms with Crippen LogP contribution in [0.1, 0.15) is 11.1 Å². The molecule has 0 radical (unpaired) electrons. The Morgan fingerprint density at radius 3 is 2.33 bits per heavy atom. The third-order valence-electron chi connectivity index (χ3n) is 3.14. The first-order valence-electron chi connectivity index (χ1n) is 7.18. The molecule has 24 heavy (non-hydrogen) atoms. The Kier molecular flexibility index (Phi) is 6.01. The number of ether oxygens (including phenoxy) is 3. The van der Waals surface area contributed by atoms with E-state index in [4.69, 9.17) is 25.7 Å². The highest BCUT2D eigenvalue weighted by molar-refractivity contribution is 5.82. The summed E-state index contributed by atoms with van der Waals surface area (Å²) >= 11 is 0. The van der Waals surface area contributed by atoms with Crippen LogP contribution in [0.25, 0.3) is 0 Å². The normalized spacial score (nSPS) is 10.4. The van der Waals surface area contributed by atoms with Crippen molar-refractivity contribution in [2.45, 2.75) is 6.61 Å². The van der Waals surface area contributed by atoms with Gasteiger partial charge in [-0.3, -0.25) is 0 Å². The maximum atomic E-state index is 5.78. The smallest absolute Gasteiger partial charge is 0.211 e. The standard InChI is InChI=1S/C17H20N4O3/c1-22-14-4-6-15(7-5-14)24-11-13-9-12(3-8-16(13)23-2)10-20-21-17(18)19/h3-10H,11H2,1-2H3,(H4,18,19,21). The van der Waals surface area contributed by atoms with Crippen LogP contribution in [0.5, 0.6) is 17.2 Å². The molecule has 0 aliphatic rings. The number of hydrogen-bond donors (Lipinski definition) is 2. The second kappa shape index (κ2) is 8.42. The summed E-state index contributed by atoms with van der Waals surface area (Å²) in [5.74, 6) is 2.14. The van der Waals surface area contributed by atoms with E-state index in [1.807, 2.05) is 42.5 Å². The lowest BCUT2D eigenvalue weighted by molar-refractivity contribution is 0.296. The molecule has 0 saturated carbocycles. The van der Waals surface area contributed by atoms with Crippen molar-refractivity contribution < 1.29 is 14.2 Å². The van der Waals surface area contributed by atoms with Crippen molar-refractivity contribution in [1.82, 2.24) is 0 Å². The van der Waals surface area contributed by atoms with Crippen LogP contribution >= 0.6 is 0 Å². The number of benzene rings is 2. The molecule has 0 atom stereocenters. The van der Waals surface area contributed by atoms with Crippen LogP contribution in [0.3, 0.4) is 0 Å². The maximum Gasteiger partial charge on any atom is 0.211 e. The summed E-state index contributed by atoms with van der Waals surface area (Å²) in [6.45, 7) is 0.347. The lowest BCUT2D eigenvalue weighted by atomic mass is 10.1. The van der Waals surface area contributed by atoms with E-state index >= 15 is 0 Å². The van der Waals surface area contributed by atoms with Crippen LogP contribution in [-0.2, 0) is 6.61 Å². The first-order valence-corrected chi connectivity index (χ1v) is 7.18. The highest BCUT2D eigenvalue weighted by atomic mass is 16.5. The van der Waals surface area contributed by atoms with Crippen molar-refractivity contribution in [3.8, 4) is 17.2 Å². The quantitative estimate of drug-likeness (QED) is 0.459. The van der Waals surface area contributed by atoms with E-state index in [2.05, 4.69) is 10.2 Å². The second-order valence-electron chi connectivity index (χ2n) is 4.80. The third-order valence-corrected chi connectivity index (χ3v) is 3.14. The van der Waals surface area contributed by atoms with Crippen molar-refractivity contribution in [2.24, 2.45) is 21.7 Å². The number of hydrogen-bond acceptors (Lipinski definition) is 5. The van der Waals surface area contributed by atoms with Crippen molar-refractivity contribution >= 4 is 12.2 Å². The Bertz CT molecular complexity index is 723. The van der Waals surface area contributed by atoms with Gasteiger partial charge in [-0.1, -0.05) is 0 Å². The fourth-order valence-electron chi connectivity index (χ4n) is 1.99. The van der Waals surface area contributed by atoms with Gasteiger partial charge in [0.1, 0.15) is 23.9 Å². The molecule has 0 heterocycles. The van der Waals surface area contributed by atoms with Crippen molar-refractivity contribution in [3.05, 3.63) is 53.6 Å². The summed E-state index contributed by atoms with van der Waals surface area (Å²) < 4.78 is 16.3. The number of nitrogens with two attached hydrogens (primary N) is 2. The first-order chi connectivity index (χ1) is 11.6. The van der Waals surface area contributed by atoms with Gasteiger partial charge in [0.15, 0.2) is 0 Å². The van der Waals surface area contributed by atoms with E-state index < -0.39 is 0 Å². The molecule has 2 aromatic rings. The molecule has 7 heteroatoms. The van der Waals surface area contributed by atoms with Gasteiger partial charge < -0.3 is 25.7 Å². The molecule has 0 saturated heterocycles. The maximum absolute atomic E-state index is 5.78. The summed E-state index contributed by atoms with van der Waals surface area (Å²) in [5, 5.41) is 7.36. The fraction of sp³-hybridized carbons (Fsp3) is 0.176. The van der Waals surface area contributed by atoms with E-state index in [0.717, 1.165) is 28.4 Å². The highest BCUT2D eigenvalue weighted by Gasteiger charge is 2.05. The zero-order valence-electron chi connectivity index (χ0n) is 13.6. The van der Waals surface area contributed by atoms with Crippen LogP contribution < -0.4 is 25.7 Å². The zero-order chi connectivity index (χ0) is 17.4. The summed E-state index contributed by atoms with van der Waals surface area (Å²) in [6, 6.07) is 12.9. The van der Waals surface area contributed by atoms with Crippen molar-refractivity contribution in [3.63, 3.8) is 0 Å². The SMILES string of the molecule is COc1ccc(OCc2cc(C=NN=C(N)N)ccc2OC)cc1. The number of methoxy groups -OCH3 is 2. The van der Waals surface area contributed by atoms with Gasteiger partial charge in [0.2, 0.25) is 5.96 Å². The molecule has 0 fully saturated rings. The average molecular weight is 328 g/mol. The molecular weight excluding hydrogens is 308 g/mol. The minimum atomic E-state index is -0.0946. The molecule has 0 amide bonds. The lowest BCUT2D eigenvalue weighted by Crippen LogP contribution is -2.21. The Labute approximate surface area is 140 Å². The van der Waals surface area contributed by atoms with Gasteiger partial charge in [0.25, 0.3) is 0 Å². The van der Waals surface area contributed by atoms with Crippen LogP contribution in [0, 0.1) is 0 Å². The highest BCUT2D eigenvalue weighted by Crippen LogP contribution is 2.23. The van der Waals surface area contributed by atoms with E-state index in [9.17, 15) is 0 Å². The molecule has 126 valence electrons. The van der Waals surface area contributed by atoms with Crippen LogP contribution in [0.4, 0.5) is 0 Å². The molecule has 2 rings (SSSR count). The van der Waals surface area contributed by atoms with Gasteiger partial charge in [-0.05, 0) is 48.0 Å². The summed E-state index contributed by atoms with van der Waals surface area (Å²) in [7, 11) is 3.23. The second-order valence-corrected chi connectivity index (χ2v) is 4.80. The third kappa shape index (κ3) is 4.91. The number of nitrogens with zero attached hydrogens (tertiary/aromatic N) is 2. The molecule has 2 aromatic carbocycles. The predicted octanol–water partition coefficient (Wildman–Crippen LogP) is 1.89. The molecule has 0 unspecified atom stereocenters. The van der Waals surface area contributed by atoms with E-state index in [0.29, 0.717) is 6.61 Å². The topological polar surface area (TPSA) is 104 Å². The molecule has 0 aliphatic carbocycles. The van der Waals surface area contributed by atoms with Crippen molar-refractivity contribution in [1.29, 1.82) is 0 Å². The van der Waals surface area contributed by atoms with Crippen molar-refractivity contribution in [2.75, 3.05) is 14.2 Å². The zero-order valence-corrected chi connectivity index (χ0v) is 13.6. The Morgan fingerprint density at radius 2 is 1.71 bits per heavy atom. The van der Waals surface area contributed by atoms with Gasteiger partial charge >= 0.3 is 0 Å². The Hall–Kier alpha value is -3.22. The van der Waals surface area contributed by atoms with Gasteiger partial charge in [0.05, 0.1) is 20.4 Å². The predicted molar refractivity (Wildman–Crippen MR) is 93.7 cm³/mol. The van der Waals surface area contributed by atoms with Gasteiger partial charge in [-0.15, -0.1) is 5.10 Å². The molecule has 7 nitrogen and oxygen atoms in total. The molecular formula is C17H20N4O3. The molecule has 0 bridgehead atoms.